The van der Waals surface area contributed by atoms with Gasteiger partial charge in [0, 0.05) is 18.9 Å². The summed E-state index contributed by atoms with van der Waals surface area (Å²) >= 11 is 0. The molecule has 13 heteroatoms. The number of hydrogen-bond donors (Lipinski definition) is 2. The van der Waals surface area contributed by atoms with Crippen molar-refractivity contribution in [2.75, 3.05) is 13.2 Å². The highest BCUT2D eigenvalue weighted by Gasteiger charge is 2.47. The number of aromatic nitrogens is 2. The molecule has 1 aliphatic heterocycles. The van der Waals surface area contributed by atoms with E-state index in [9.17, 15) is 14.4 Å². The Morgan fingerprint density at radius 1 is 0.746 bits per heavy atom. The zero-order chi connectivity index (χ0) is 47.6. The van der Waals surface area contributed by atoms with Gasteiger partial charge in [0.05, 0.1) is 12.5 Å². The van der Waals surface area contributed by atoms with Crippen molar-refractivity contribution in [3.8, 4) is 11.1 Å². The van der Waals surface area contributed by atoms with Crippen LogP contribution in [0.4, 0.5) is 9.59 Å². The number of carbonyl (C=O) groups excluding carboxylic acids is 3. The van der Waals surface area contributed by atoms with E-state index in [4.69, 9.17) is 23.4 Å². The Morgan fingerprint density at radius 2 is 1.25 bits per heavy atom. The fourth-order valence-electron chi connectivity index (χ4n) is 8.98. The molecule has 1 aromatic heterocycles. The number of ether oxygens (including phenoxy) is 2. The SMILES string of the molecule is CC(C)(C)OC(=O)N1C[C@H](O[Si](C)(C)C(C)(C)C)C[C@H]1c1noc([C@H](CC(=O)NC(c2ccccc2)(c2ccccc2)c2ccccc2)NC(=O)OCC2c3ccccc3-c3ccccc32)n1. The van der Waals surface area contributed by atoms with Crippen LogP contribution in [0, 0.1) is 0 Å². The van der Waals surface area contributed by atoms with Crippen molar-refractivity contribution >= 4 is 26.4 Å². The minimum Gasteiger partial charge on any atom is -0.449 e. The summed E-state index contributed by atoms with van der Waals surface area (Å²) in [4.78, 5) is 49.3. The lowest BCUT2D eigenvalue weighted by atomic mass is 9.77. The van der Waals surface area contributed by atoms with E-state index in [-0.39, 0.29) is 48.3 Å². The van der Waals surface area contributed by atoms with E-state index in [1.54, 1.807) is 4.90 Å². The van der Waals surface area contributed by atoms with Crippen LogP contribution in [-0.2, 0) is 24.2 Å². The molecule has 6 aromatic rings. The molecule has 1 aliphatic carbocycles. The van der Waals surface area contributed by atoms with Gasteiger partial charge >= 0.3 is 12.2 Å². The highest BCUT2D eigenvalue weighted by molar-refractivity contribution is 6.74. The van der Waals surface area contributed by atoms with E-state index in [0.29, 0.717) is 6.42 Å². The lowest BCUT2D eigenvalue weighted by molar-refractivity contribution is -0.123. The van der Waals surface area contributed by atoms with Gasteiger partial charge in [-0.25, -0.2) is 9.59 Å². The number of fused-ring (bicyclic) bond motifs is 3. The van der Waals surface area contributed by atoms with Crippen LogP contribution >= 0.6 is 0 Å². The predicted octanol–water partition coefficient (Wildman–Crippen LogP) is 11.2. The summed E-state index contributed by atoms with van der Waals surface area (Å²) in [6.45, 7) is 16.6. The number of nitrogens with zero attached hydrogens (tertiary/aromatic N) is 3. The third-order valence-electron chi connectivity index (χ3n) is 13.2. The van der Waals surface area contributed by atoms with Gasteiger partial charge in [0.15, 0.2) is 14.1 Å². The number of alkyl carbamates (subject to hydrolysis) is 1. The summed E-state index contributed by atoms with van der Waals surface area (Å²) < 4.78 is 24.7. The van der Waals surface area contributed by atoms with Gasteiger partial charge in [0.2, 0.25) is 11.8 Å². The van der Waals surface area contributed by atoms with Gasteiger partial charge in [-0.2, -0.15) is 4.98 Å². The second-order valence-electron chi connectivity index (χ2n) is 20.0. The van der Waals surface area contributed by atoms with Gasteiger partial charge in [-0.05, 0) is 77.8 Å². The summed E-state index contributed by atoms with van der Waals surface area (Å²) in [5.41, 5.74) is 4.93. The number of nitrogens with one attached hydrogen (secondary N) is 2. The number of benzene rings is 5. The molecule has 0 unspecified atom stereocenters. The van der Waals surface area contributed by atoms with E-state index in [0.717, 1.165) is 38.9 Å². The first-order valence-corrected chi connectivity index (χ1v) is 25.9. The van der Waals surface area contributed by atoms with Crippen LogP contribution in [0.3, 0.4) is 0 Å². The third-order valence-corrected chi connectivity index (χ3v) is 17.7. The van der Waals surface area contributed by atoms with E-state index >= 15 is 0 Å². The summed E-state index contributed by atoms with van der Waals surface area (Å²) in [5, 5.41) is 10.7. The second kappa shape index (κ2) is 19.0. The Balaban J connectivity index is 1.12. The van der Waals surface area contributed by atoms with Crippen molar-refractivity contribution < 1.29 is 32.8 Å². The molecule has 12 nitrogen and oxygen atoms in total. The maximum atomic E-state index is 14.9. The standard InChI is InChI=1S/C54H61N5O7Si/c1-52(2,3)64-51(62)59-34-39(66-67(7,8)53(4,5)6)32-46(59)48-56-49(65-58-48)45(55-50(61)63-35-44-42-30-20-18-28-40(42)41-29-19-21-31-43(41)44)33-47(60)57-54(36-22-12-9-13-23-36,37-24-14-10-15-25-37)38-26-16-11-17-27-38/h9-31,39,44-46H,32-35H2,1-8H3,(H,55,61)(H,57,60)/t39-,45+,46+/m1/s1. The average Bonchev–Trinajstić information content (AvgIpc) is 4.04. The molecule has 2 heterocycles. The van der Waals surface area contributed by atoms with Crippen molar-refractivity contribution in [1.82, 2.24) is 25.7 Å². The second-order valence-corrected chi connectivity index (χ2v) is 24.8. The number of rotatable bonds is 13. The van der Waals surface area contributed by atoms with Crippen molar-refractivity contribution in [1.29, 1.82) is 0 Å². The topological polar surface area (TPSA) is 145 Å². The first kappa shape index (κ1) is 46.9. The summed E-state index contributed by atoms with van der Waals surface area (Å²) in [7, 11) is -2.26. The quantitative estimate of drug-likeness (QED) is 0.0854. The molecule has 0 radical (unpaired) electrons. The zero-order valence-corrected chi connectivity index (χ0v) is 40.6. The van der Waals surface area contributed by atoms with Crippen LogP contribution in [0.1, 0.15) is 112 Å². The molecule has 2 aliphatic rings. The lowest BCUT2D eigenvalue weighted by Crippen LogP contribution is -2.48. The number of carbonyl (C=O) groups is 3. The summed E-state index contributed by atoms with van der Waals surface area (Å²) in [5.74, 6) is -0.435. The maximum Gasteiger partial charge on any atom is 0.411 e. The Labute approximate surface area is 394 Å². The molecule has 0 bridgehead atoms. The molecule has 1 fully saturated rings. The molecule has 3 atom stereocenters. The molecule has 67 heavy (non-hydrogen) atoms. The van der Waals surface area contributed by atoms with Crippen molar-refractivity contribution in [3.05, 3.63) is 179 Å². The molecule has 1 saturated heterocycles. The molecule has 0 saturated carbocycles. The minimum atomic E-state index is -2.26. The Morgan fingerprint density at radius 3 is 1.76 bits per heavy atom. The molecule has 0 spiro atoms. The fraction of sp³-hybridized carbons (Fsp3) is 0.352. The Hall–Kier alpha value is -6.57. The van der Waals surface area contributed by atoms with Gasteiger partial charge in [-0.1, -0.05) is 165 Å². The smallest absolute Gasteiger partial charge is 0.411 e. The monoisotopic (exact) mass is 919 g/mol. The Kier molecular flexibility index (Phi) is 13.3. The molecule has 3 amide bonds. The van der Waals surface area contributed by atoms with Crippen molar-refractivity contribution in [2.45, 2.75) is 108 Å². The van der Waals surface area contributed by atoms with Crippen LogP contribution in [0.15, 0.2) is 144 Å². The fourth-order valence-corrected chi connectivity index (χ4v) is 10.3. The Bertz CT molecular complexity index is 2540. The molecular formula is C54H61N5O7Si. The normalized spacial score (nSPS) is 16.7. The van der Waals surface area contributed by atoms with E-state index in [1.807, 2.05) is 136 Å². The van der Waals surface area contributed by atoms with Crippen LogP contribution < -0.4 is 10.6 Å². The van der Waals surface area contributed by atoms with Gasteiger partial charge in [0.25, 0.3) is 0 Å². The average molecular weight is 920 g/mol. The highest BCUT2D eigenvalue weighted by atomic mass is 28.4. The van der Waals surface area contributed by atoms with Gasteiger partial charge in [0.1, 0.15) is 29.8 Å². The molecule has 348 valence electrons. The summed E-state index contributed by atoms with van der Waals surface area (Å²) in [6, 6.07) is 43.7. The van der Waals surface area contributed by atoms with E-state index in [2.05, 4.69) is 73.9 Å². The number of amides is 3. The van der Waals surface area contributed by atoms with Crippen LogP contribution in [0.5, 0.6) is 0 Å². The maximum absolute atomic E-state index is 14.9. The van der Waals surface area contributed by atoms with Crippen molar-refractivity contribution in [2.24, 2.45) is 0 Å². The summed E-state index contributed by atoms with van der Waals surface area (Å²) in [6.07, 6.45) is -1.53. The molecule has 2 N–H and O–H groups in total. The minimum absolute atomic E-state index is 0.0266. The first-order chi connectivity index (χ1) is 31.9. The zero-order valence-electron chi connectivity index (χ0n) is 39.6. The van der Waals surface area contributed by atoms with E-state index in [1.165, 1.54) is 0 Å². The van der Waals surface area contributed by atoms with Crippen LogP contribution in [0.25, 0.3) is 11.1 Å². The first-order valence-electron chi connectivity index (χ1n) is 23.0. The van der Waals surface area contributed by atoms with Crippen LogP contribution in [-0.4, -0.2) is 66.3 Å². The van der Waals surface area contributed by atoms with Crippen molar-refractivity contribution in [3.63, 3.8) is 0 Å². The lowest BCUT2D eigenvalue weighted by Gasteiger charge is -2.38. The largest absolute Gasteiger partial charge is 0.449 e. The van der Waals surface area contributed by atoms with Gasteiger partial charge < -0.3 is 29.1 Å². The van der Waals surface area contributed by atoms with Crippen LogP contribution in [0.2, 0.25) is 18.1 Å². The molecule has 8 rings (SSSR count). The number of likely N-dealkylation sites (tertiary alicyclic amines) is 1. The van der Waals surface area contributed by atoms with E-state index < -0.39 is 49.6 Å². The molecule has 5 aromatic carbocycles. The third kappa shape index (κ3) is 10.1. The highest BCUT2D eigenvalue weighted by Crippen LogP contribution is 2.45. The van der Waals surface area contributed by atoms with Gasteiger partial charge in [-0.15, -0.1) is 0 Å². The predicted molar refractivity (Wildman–Crippen MR) is 260 cm³/mol. The van der Waals surface area contributed by atoms with Gasteiger partial charge in [-0.3, -0.25) is 9.69 Å². The molecular weight excluding hydrogens is 859 g/mol. The number of hydrogen-bond acceptors (Lipinski definition) is 9.